The van der Waals surface area contributed by atoms with Crippen LogP contribution in [0.25, 0.3) is 5.69 Å². The molecule has 0 aliphatic rings. The number of hydrogen-bond acceptors (Lipinski definition) is 2. The summed E-state index contributed by atoms with van der Waals surface area (Å²) in [5.74, 6) is 0.802. The van der Waals surface area contributed by atoms with Gasteiger partial charge in [0.15, 0.2) is 0 Å². The Balaban J connectivity index is 1.94. The predicted molar refractivity (Wildman–Crippen MR) is 98.8 cm³/mol. The molecule has 0 aliphatic heterocycles. The van der Waals surface area contributed by atoms with Gasteiger partial charge in [-0.15, -0.1) is 0 Å². The Morgan fingerprint density at radius 2 is 1.84 bits per heavy atom. The van der Waals surface area contributed by atoms with Gasteiger partial charge in [0.2, 0.25) is 0 Å². The monoisotopic (exact) mass is 334 g/mol. The SMILES string of the molecule is CNC(=O)NC(Cc1ccccc1)c1nccn1-c1ccc(C)cc1. The molecule has 0 fully saturated rings. The van der Waals surface area contributed by atoms with Crippen molar-refractivity contribution in [3.8, 4) is 5.69 Å². The molecule has 0 saturated carbocycles. The molecule has 1 heterocycles. The van der Waals surface area contributed by atoms with Crippen LogP contribution in [0, 0.1) is 6.92 Å². The number of aryl methyl sites for hydroxylation is 1. The zero-order valence-corrected chi connectivity index (χ0v) is 14.4. The highest BCUT2D eigenvalue weighted by molar-refractivity contribution is 5.74. The van der Waals surface area contributed by atoms with E-state index in [-0.39, 0.29) is 12.1 Å². The van der Waals surface area contributed by atoms with Crippen LogP contribution < -0.4 is 10.6 Å². The first kappa shape index (κ1) is 16.8. The van der Waals surface area contributed by atoms with Crippen molar-refractivity contribution >= 4 is 6.03 Å². The first-order valence-corrected chi connectivity index (χ1v) is 8.30. The van der Waals surface area contributed by atoms with E-state index in [9.17, 15) is 4.79 Å². The van der Waals surface area contributed by atoms with Crippen LogP contribution >= 0.6 is 0 Å². The van der Waals surface area contributed by atoms with E-state index in [2.05, 4.69) is 58.9 Å². The molecule has 3 aromatic rings. The van der Waals surface area contributed by atoms with Gasteiger partial charge in [0, 0.05) is 25.1 Å². The van der Waals surface area contributed by atoms with Crippen molar-refractivity contribution in [2.75, 3.05) is 7.05 Å². The van der Waals surface area contributed by atoms with E-state index in [1.807, 2.05) is 29.0 Å². The lowest BCUT2D eigenvalue weighted by Crippen LogP contribution is -2.37. The Morgan fingerprint density at radius 3 is 2.52 bits per heavy atom. The molecular formula is C20H22N4O. The summed E-state index contributed by atoms with van der Waals surface area (Å²) in [4.78, 5) is 16.5. The van der Waals surface area contributed by atoms with Crippen LogP contribution in [0.5, 0.6) is 0 Å². The van der Waals surface area contributed by atoms with E-state index >= 15 is 0 Å². The zero-order valence-electron chi connectivity index (χ0n) is 14.4. The van der Waals surface area contributed by atoms with Crippen molar-refractivity contribution in [1.82, 2.24) is 20.2 Å². The van der Waals surface area contributed by atoms with E-state index in [4.69, 9.17) is 0 Å². The smallest absolute Gasteiger partial charge is 0.315 e. The minimum Gasteiger partial charge on any atom is -0.341 e. The van der Waals surface area contributed by atoms with Gasteiger partial charge < -0.3 is 15.2 Å². The molecule has 0 radical (unpaired) electrons. The van der Waals surface area contributed by atoms with Crippen LogP contribution in [-0.2, 0) is 6.42 Å². The van der Waals surface area contributed by atoms with Crippen LogP contribution in [0.1, 0.15) is 23.0 Å². The lowest BCUT2D eigenvalue weighted by atomic mass is 10.1. The molecular weight excluding hydrogens is 312 g/mol. The van der Waals surface area contributed by atoms with Gasteiger partial charge in [-0.3, -0.25) is 0 Å². The summed E-state index contributed by atoms with van der Waals surface area (Å²) in [7, 11) is 1.61. The second-order valence-electron chi connectivity index (χ2n) is 5.96. The first-order valence-electron chi connectivity index (χ1n) is 8.30. The van der Waals surface area contributed by atoms with Gasteiger partial charge in [-0.25, -0.2) is 9.78 Å². The number of urea groups is 1. The highest BCUT2D eigenvalue weighted by Gasteiger charge is 2.20. The molecule has 5 nitrogen and oxygen atoms in total. The van der Waals surface area contributed by atoms with Crippen molar-refractivity contribution in [3.05, 3.63) is 83.9 Å². The van der Waals surface area contributed by atoms with Crippen molar-refractivity contribution in [3.63, 3.8) is 0 Å². The summed E-state index contributed by atoms with van der Waals surface area (Å²) < 4.78 is 2.02. The van der Waals surface area contributed by atoms with E-state index in [0.717, 1.165) is 17.1 Å². The highest BCUT2D eigenvalue weighted by Crippen LogP contribution is 2.21. The molecule has 128 valence electrons. The Morgan fingerprint density at radius 1 is 1.12 bits per heavy atom. The van der Waals surface area contributed by atoms with Crippen molar-refractivity contribution in [1.29, 1.82) is 0 Å². The number of rotatable bonds is 5. The number of imidazole rings is 1. The molecule has 0 saturated heterocycles. The fourth-order valence-electron chi connectivity index (χ4n) is 2.78. The maximum Gasteiger partial charge on any atom is 0.315 e. The quantitative estimate of drug-likeness (QED) is 0.751. The number of carbonyl (C=O) groups is 1. The minimum absolute atomic E-state index is 0.223. The Bertz CT molecular complexity index is 824. The topological polar surface area (TPSA) is 59.0 Å². The number of hydrogen-bond donors (Lipinski definition) is 2. The molecule has 25 heavy (non-hydrogen) atoms. The number of nitrogens with zero attached hydrogens (tertiary/aromatic N) is 2. The Labute approximate surface area is 147 Å². The molecule has 2 aromatic carbocycles. The fourth-order valence-corrected chi connectivity index (χ4v) is 2.78. The standard InChI is InChI=1S/C20H22N4O/c1-15-8-10-17(11-9-15)24-13-12-22-19(24)18(23-20(25)21-2)14-16-6-4-3-5-7-16/h3-13,18H,14H2,1-2H3,(H2,21,23,25). The largest absolute Gasteiger partial charge is 0.341 e. The summed E-state index contributed by atoms with van der Waals surface area (Å²) >= 11 is 0. The van der Waals surface area contributed by atoms with Gasteiger partial charge in [0.1, 0.15) is 5.82 Å². The molecule has 3 rings (SSSR count). The van der Waals surface area contributed by atoms with Crippen LogP contribution in [0.15, 0.2) is 67.0 Å². The molecule has 1 aromatic heterocycles. The third-order valence-electron chi connectivity index (χ3n) is 4.11. The number of carbonyl (C=O) groups excluding carboxylic acids is 1. The Hall–Kier alpha value is -3.08. The average Bonchev–Trinajstić information content (AvgIpc) is 3.12. The van der Waals surface area contributed by atoms with Crippen molar-refractivity contribution in [2.24, 2.45) is 0 Å². The molecule has 0 aliphatic carbocycles. The maximum absolute atomic E-state index is 11.9. The molecule has 1 unspecified atom stereocenters. The summed E-state index contributed by atoms with van der Waals surface area (Å²) in [6, 6.07) is 17.9. The van der Waals surface area contributed by atoms with Gasteiger partial charge in [0.25, 0.3) is 0 Å². The highest BCUT2D eigenvalue weighted by atomic mass is 16.2. The van der Waals surface area contributed by atoms with Gasteiger partial charge in [-0.2, -0.15) is 0 Å². The Kier molecular flexibility index (Phi) is 5.14. The third kappa shape index (κ3) is 4.07. The van der Waals surface area contributed by atoms with Gasteiger partial charge in [-0.05, 0) is 31.0 Å². The van der Waals surface area contributed by atoms with Gasteiger partial charge >= 0.3 is 6.03 Å². The minimum atomic E-state index is -0.237. The van der Waals surface area contributed by atoms with Crippen LogP contribution in [0.4, 0.5) is 4.79 Å². The fraction of sp³-hybridized carbons (Fsp3) is 0.200. The van der Waals surface area contributed by atoms with E-state index < -0.39 is 0 Å². The zero-order chi connectivity index (χ0) is 17.6. The number of benzene rings is 2. The first-order chi connectivity index (χ1) is 12.2. The molecule has 1 atom stereocenters. The van der Waals surface area contributed by atoms with Crippen LogP contribution in [-0.4, -0.2) is 22.6 Å². The number of aromatic nitrogens is 2. The summed E-state index contributed by atoms with van der Waals surface area (Å²) in [6.07, 6.45) is 4.35. The molecule has 0 spiro atoms. The van der Waals surface area contributed by atoms with Crippen molar-refractivity contribution in [2.45, 2.75) is 19.4 Å². The molecule has 2 N–H and O–H groups in total. The molecule has 0 bridgehead atoms. The predicted octanol–water partition coefficient (Wildman–Crippen LogP) is 3.39. The lowest BCUT2D eigenvalue weighted by Gasteiger charge is -2.20. The van der Waals surface area contributed by atoms with Crippen molar-refractivity contribution < 1.29 is 4.79 Å². The lowest BCUT2D eigenvalue weighted by molar-refractivity contribution is 0.238. The normalized spacial score (nSPS) is 11.8. The second-order valence-corrected chi connectivity index (χ2v) is 5.96. The summed E-state index contributed by atoms with van der Waals surface area (Å²) in [5, 5.41) is 5.63. The average molecular weight is 334 g/mol. The van der Waals surface area contributed by atoms with E-state index in [0.29, 0.717) is 6.42 Å². The summed E-state index contributed by atoms with van der Waals surface area (Å²) in [5.41, 5.74) is 3.37. The van der Waals surface area contributed by atoms with Crippen LogP contribution in [0.3, 0.4) is 0 Å². The van der Waals surface area contributed by atoms with E-state index in [1.54, 1.807) is 13.2 Å². The third-order valence-corrected chi connectivity index (χ3v) is 4.11. The van der Waals surface area contributed by atoms with E-state index in [1.165, 1.54) is 5.56 Å². The maximum atomic E-state index is 11.9. The molecule has 2 amide bonds. The number of amides is 2. The molecule has 5 heteroatoms. The van der Waals surface area contributed by atoms with Gasteiger partial charge in [-0.1, -0.05) is 48.0 Å². The van der Waals surface area contributed by atoms with Crippen LogP contribution in [0.2, 0.25) is 0 Å². The second kappa shape index (κ2) is 7.66. The number of nitrogens with one attached hydrogen (secondary N) is 2. The van der Waals surface area contributed by atoms with Gasteiger partial charge in [0.05, 0.1) is 6.04 Å². The summed E-state index contributed by atoms with van der Waals surface area (Å²) in [6.45, 7) is 2.06.